The van der Waals surface area contributed by atoms with Crippen LogP contribution < -0.4 is 5.32 Å². The zero-order valence-electron chi connectivity index (χ0n) is 7.98. The van der Waals surface area contributed by atoms with Gasteiger partial charge >= 0.3 is 0 Å². The van der Waals surface area contributed by atoms with Crippen LogP contribution in [0.5, 0.6) is 0 Å². The minimum absolute atomic E-state index is 0.717. The third kappa shape index (κ3) is 2.95. The molecule has 1 fully saturated rings. The molecule has 0 radical (unpaired) electrons. The van der Waals surface area contributed by atoms with E-state index in [1.165, 1.54) is 38.6 Å². The maximum atomic E-state index is 5.88. The summed E-state index contributed by atoms with van der Waals surface area (Å²) in [6.07, 6.45) is 6.60. The Morgan fingerprint density at radius 1 is 1.42 bits per heavy atom. The largest absolute Gasteiger partial charge is 0.314 e. The second-order valence-corrected chi connectivity index (χ2v) is 4.07. The van der Waals surface area contributed by atoms with Crippen molar-refractivity contribution < 1.29 is 0 Å². The molecule has 0 amide bonds. The summed E-state index contributed by atoms with van der Waals surface area (Å²) in [5, 5.41) is 3.60. The third-order valence-corrected chi connectivity index (χ3v) is 3.19. The zero-order valence-corrected chi connectivity index (χ0v) is 8.74. The van der Waals surface area contributed by atoms with Gasteiger partial charge in [0.15, 0.2) is 0 Å². The lowest BCUT2D eigenvalue weighted by molar-refractivity contribution is 0.427. The van der Waals surface area contributed by atoms with Gasteiger partial charge in [-0.15, -0.1) is 11.6 Å². The van der Waals surface area contributed by atoms with E-state index in [2.05, 4.69) is 12.2 Å². The van der Waals surface area contributed by atoms with Gasteiger partial charge in [-0.1, -0.05) is 19.8 Å². The number of rotatable bonds is 5. The fourth-order valence-electron chi connectivity index (χ4n) is 1.95. The highest BCUT2D eigenvalue weighted by atomic mass is 35.5. The van der Waals surface area contributed by atoms with Gasteiger partial charge in [0, 0.05) is 11.9 Å². The lowest BCUT2D eigenvalue weighted by Crippen LogP contribution is -2.33. The maximum Gasteiger partial charge on any atom is 0.0266 e. The summed E-state index contributed by atoms with van der Waals surface area (Å²) in [6, 6.07) is 0.717. The van der Waals surface area contributed by atoms with Crippen LogP contribution in [0.3, 0.4) is 0 Å². The van der Waals surface area contributed by atoms with Crippen molar-refractivity contribution in [2.75, 3.05) is 12.4 Å². The molecule has 1 rings (SSSR count). The molecule has 1 aliphatic carbocycles. The summed E-state index contributed by atoms with van der Waals surface area (Å²) in [5.41, 5.74) is 0. The Morgan fingerprint density at radius 3 is 2.92 bits per heavy atom. The van der Waals surface area contributed by atoms with Crippen LogP contribution in [-0.4, -0.2) is 18.5 Å². The van der Waals surface area contributed by atoms with Crippen LogP contribution >= 0.6 is 11.6 Å². The monoisotopic (exact) mass is 189 g/mol. The van der Waals surface area contributed by atoms with E-state index in [0.29, 0.717) is 6.04 Å². The predicted molar refractivity (Wildman–Crippen MR) is 54.8 cm³/mol. The van der Waals surface area contributed by atoms with Gasteiger partial charge in [0.2, 0.25) is 0 Å². The minimum atomic E-state index is 0.717. The standard InChI is InChI=1S/C10H20ClN/c1-2-3-7-12-10-6-4-5-9(10)8-11/h9-10,12H,2-8H2,1H3. The maximum absolute atomic E-state index is 5.88. The van der Waals surface area contributed by atoms with Crippen LogP contribution in [0, 0.1) is 5.92 Å². The van der Waals surface area contributed by atoms with Gasteiger partial charge in [0.05, 0.1) is 0 Å². The van der Waals surface area contributed by atoms with Crippen LogP contribution in [0.2, 0.25) is 0 Å². The van der Waals surface area contributed by atoms with Gasteiger partial charge in [-0.3, -0.25) is 0 Å². The van der Waals surface area contributed by atoms with E-state index in [4.69, 9.17) is 11.6 Å². The highest BCUT2D eigenvalue weighted by molar-refractivity contribution is 6.18. The first kappa shape index (κ1) is 10.3. The van der Waals surface area contributed by atoms with E-state index in [-0.39, 0.29) is 0 Å². The van der Waals surface area contributed by atoms with Gasteiger partial charge < -0.3 is 5.32 Å². The molecular weight excluding hydrogens is 170 g/mol. The van der Waals surface area contributed by atoms with E-state index in [1.54, 1.807) is 0 Å². The van der Waals surface area contributed by atoms with Gasteiger partial charge in [0.25, 0.3) is 0 Å². The summed E-state index contributed by atoms with van der Waals surface area (Å²) in [7, 11) is 0. The fraction of sp³-hybridized carbons (Fsp3) is 1.00. The Balaban J connectivity index is 2.12. The summed E-state index contributed by atoms with van der Waals surface area (Å²) in [4.78, 5) is 0. The molecule has 2 atom stereocenters. The van der Waals surface area contributed by atoms with Crippen LogP contribution in [0.25, 0.3) is 0 Å². The molecule has 1 N–H and O–H groups in total. The van der Waals surface area contributed by atoms with E-state index in [0.717, 1.165) is 11.8 Å². The molecule has 1 saturated carbocycles. The van der Waals surface area contributed by atoms with Crippen molar-refractivity contribution in [3.8, 4) is 0 Å². The Kier molecular flexibility index (Phi) is 5.01. The minimum Gasteiger partial charge on any atom is -0.314 e. The molecule has 2 heteroatoms. The number of halogens is 1. The lowest BCUT2D eigenvalue weighted by Gasteiger charge is -2.18. The molecule has 72 valence electrons. The number of hydrogen-bond donors (Lipinski definition) is 1. The van der Waals surface area contributed by atoms with Crippen molar-refractivity contribution in [2.24, 2.45) is 5.92 Å². The number of alkyl halides is 1. The molecule has 0 bridgehead atoms. The van der Waals surface area contributed by atoms with Crippen LogP contribution in [-0.2, 0) is 0 Å². The average Bonchev–Trinajstić information content (AvgIpc) is 2.52. The third-order valence-electron chi connectivity index (χ3n) is 2.79. The van der Waals surface area contributed by atoms with Crippen molar-refractivity contribution in [1.82, 2.24) is 5.32 Å². The van der Waals surface area contributed by atoms with Crippen molar-refractivity contribution in [3.05, 3.63) is 0 Å². The number of hydrogen-bond acceptors (Lipinski definition) is 1. The fourth-order valence-corrected chi connectivity index (χ4v) is 2.32. The van der Waals surface area contributed by atoms with Crippen molar-refractivity contribution in [1.29, 1.82) is 0 Å². The van der Waals surface area contributed by atoms with Gasteiger partial charge in [0.1, 0.15) is 0 Å². The summed E-state index contributed by atoms with van der Waals surface area (Å²) < 4.78 is 0. The van der Waals surface area contributed by atoms with Crippen molar-refractivity contribution in [3.63, 3.8) is 0 Å². The van der Waals surface area contributed by atoms with Crippen LogP contribution in [0.15, 0.2) is 0 Å². The average molecular weight is 190 g/mol. The number of nitrogens with one attached hydrogen (secondary N) is 1. The highest BCUT2D eigenvalue weighted by Gasteiger charge is 2.25. The first-order valence-corrected chi connectivity index (χ1v) is 5.71. The van der Waals surface area contributed by atoms with E-state index in [9.17, 15) is 0 Å². The Labute approximate surface area is 80.9 Å². The molecule has 2 unspecified atom stereocenters. The van der Waals surface area contributed by atoms with Crippen LogP contribution in [0.4, 0.5) is 0 Å². The highest BCUT2D eigenvalue weighted by Crippen LogP contribution is 2.26. The van der Waals surface area contributed by atoms with E-state index < -0.39 is 0 Å². The summed E-state index contributed by atoms with van der Waals surface area (Å²) in [6.45, 7) is 3.41. The van der Waals surface area contributed by atoms with Crippen molar-refractivity contribution in [2.45, 2.75) is 45.1 Å². The predicted octanol–water partition coefficient (Wildman–Crippen LogP) is 2.78. The van der Waals surface area contributed by atoms with Crippen LogP contribution in [0.1, 0.15) is 39.0 Å². The zero-order chi connectivity index (χ0) is 8.81. The van der Waals surface area contributed by atoms with E-state index in [1.807, 2.05) is 0 Å². The molecule has 0 aromatic carbocycles. The number of unbranched alkanes of at least 4 members (excludes halogenated alkanes) is 1. The molecule has 0 spiro atoms. The van der Waals surface area contributed by atoms with Gasteiger partial charge in [-0.25, -0.2) is 0 Å². The molecule has 0 aromatic rings. The lowest BCUT2D eigenvalue weighted by atomic mass is 10.1. The molecule has 12 heavy (non-hydrogen) atoms. The Hall–Kier alpha value is 0.250. The molecule has 0 saturated heterocycles. The van der Waals surface area contributed by atoms with Gasteiger partial charge in [-0.2, -0.15) is 0 Å². The molecule has 0 aromatic heterocycles. The molecule has 0 aliphatic heterocycles. The first-order chi connectivity index (χ1) is 5.88. The van der Waals surface area contributed by atoms with Crippen molar-refractivity contribution >= 4 is 11.6 Å². The second-order valence-electron chi connectivity index (χ2n) is 3.76. The Bertz CT molecular complexity index is 116. The van der Waals surface area contributed by atoms with E-state index >= 15 is 0 Å². The Morgan fingerprint density at radius 2 is 2.25 bits per heavy atom. The molecule has 1 aliphatic rings. The topological polar surface area (TPSA) is 12.0 Å². The molecule has 1 nitrogen and oxygen atoms in total. The first-order valence-electron chi connectivity index (χ1n) is 5.17. The molecule has 0 heterocycles. The molecular formula is C10H20ClN. The summed E-state index contributed by atoms with van der Waals surface area (Å²) in [5.74, 6) is 1.58. The quantitative estimate of drug-likeness (QED) is 0.518. The van der Waals surface area contributed by atoms with Gasteiger partial charge in [-0.05, 0) is 31.7 Å². The summed E-state index contributed by atoms with van der Waals surface area (Å²) >= 11 is 5.88. The smallest absolute Gasteiger partial charge is 0.0266 e. The second kappa shape index (κ2) is 5.82. The SMILES string of the molecule is CCCCNC1CCCC1CCl. The normalized spacial score (nSPS) is 29.5.